The van der Waals surface area contributed by atoms with Gasteiger partial charge in [0.1, 0.15) is 98.7 Å². The van der Waals surface area contributed by atoms with Crippen molar-refractivity contribution in [3.63, 3.8) is 0 Å². The van der Waals surface area contributed by atoms with E-state index in [1.54, 1.807) is 12.2 Å². The highest BCUT2D eigenvalue weighted by Crippen LogP contribution is 2.49. The fourth-order valence-electron chi connectivity index (χ4n) is 12.0. The Labute approximate surface area is 578 Å². The summed E-state index contributed by atoms with van der Waals surface area (Å²) in [6.07, 6.45) is 17.5. The van der Waals surface area contributed by atoms with Gasteiger partial charge in [0, 0.05) is 18.6 Å². The molecule has 25 heteroatoms. The third-order valence-corrected chi connectivity index (χ3v) is 19.0. The van der Waals surface area contributed by atoms with E-state index in [9.17, 15) is 74.9 Å². The maximum Gasteiger partial charge on any atom is 0.472 e. The van der Waals surface area contributed by atoms with Gasteiger partial charge < -0.3 is 89.1 Å². The molecule has 3 fully saturated rings. The molecule has 0 radical (unpaired) electrons. The summed E-state index contributed by atoms with van der Waals surface area (Å²) in [5.41, 5.74) is 0. The average molecular weight is 1410 g/mol. The molecule has 1 saturated carbocycles. The van der Waals surface area contributed by atoms with E-state index in [4.69, 9.17) is 42.2 Å². The lowest BCUT2D eigenvalue weighted by Crippen LogP contribution is -2.69. The van der Waals surface area contributed by atoms with Crippen LogP contribution in [0.2, 0.25) is 0 Å². The lowest BCUT2D eigenvalue weighted by atomic mass is 9.84. The molecule has 2 heterocycles. The largest absolute Gasteiger partial charge is 0.472 e. The summed E-state index contributed by atoms with van der Waals surface area (Å²) in [7, 11) is -5.72. The van der Waals surface area contributed by atoms with Gasteiger partial charge >= 0.3 is 25.7 Å². The highest BCUT2D eigenvalue weighted by atomic mass is 31.2. The molecule has 2 aliphatic heterocycles. The van der Waals surface area contributed by atoms with Crippen LogP contribution in [-0.4, -0.2) is 204 Å². The number of unbranched alkanes of at least 4 members (excludes halogenated alkanes) is 33. The SMILES string of the molecule is CCCCCCCCCCCCC/C=C/C=C/C(=O)OCC(COP(=O)(O)OC1C(OC2OC(CO)C(O)C(O)C2O)C(O)C(O)C(O)C1OC1OC(COC(=O)/C=C/C=C/CCCCCCCCCCCCC)C(O)C(O)C1O)OC(=O)CCCCCCCCCCCCCC. The molecule has 97 heavy (non-hydrogen) atoms. The monoisotopic (exact) mass is 1410 g/mol. The van der Waals surface area contributed by atoms with Gasteiger partial charge in [-0.05, 0) is 32.1 Å². The van der Waals surface area contributed by atoms with Crippen LogP contribution in [0.1, 0.15) is 258 Å². The van der Waals surface area contributed by atoms with Crippen LogP contribution in [0.4, 0.5) is 0 Å². The average Bonchev–Trinajstić information content (AvgIpc) is 0.763. The second kappa shape index (κ2) is 53.7. The highest BCUT2D eigenvalue weighted by molar-refractivity contribution is 7.47. The van der Waals surface area contributed by atoms with E-state index in [1.165, 1.54) is 153 Å². The molecule has 0 bridgehead atoms. The molecule has 1 aliphatic carbocycles. The van der Waals surface area contributed by atoms with Crippen molar-refractivity contribution in [1.82, 2.24) is 0 Å². The van der Waals surface area contributed by atoms with Crippen molar-refractivity contribution < 1.29 is 117 Å². The number of aliphatic hydroxyl groups is 10. The number of allylic oxidation sites excluding steroid dienone is 6. The van der Waals surface area contributed by atoms with Crippen molar-refractivity contribution in [2.24, 2.45) is 0 Å². The fraction of sp³-hybridized carbons (Fsp3) is 0.847. The molecule has 564 valence electrons. The zero-order valence-electron chi connectivity index (χ0n) is 58.6. The molecule has 11 N–H and O–H groups in total. The zero-order chi connectivity index (χ0) is 71.1. The van der Waals surface area contributed by atoms with Gasteiger partial charge in [0.25, 0.3) is 0 Å². The van der Waals surface area contributed by atoms with Crippen molar-refractivity contribution in [2.75, 3.05) is 26.4 Å². The molecule has 0 aromatic rings. The van der Waals surface area contributed by atoms with Crippen molar-refractivity contribution in [2.45, 2.75) is 362 Å². The Kier molecular flexibility index (Phi) is 48.8. The maximum atomic E-state index is 14.3. The molecule has 3 rings (SSSR count). The number of ether oxygens (including phenoxy) is 7. The molecule has 18 unspecified atom stereocenters. The molecule has 2 saturated heterocycles. The number of phosphoric acid groups is 1. The van der Waals surface area contributed by atoms with E-state index in [1.807, 2.05) is 12.2 Å². The number of aliphatic hydroxyl groups excluding tert-OH is 10. The Morgan fingerprint density at radius 1 is 0.423 bits per heavy atom. The number of hydrogen-bond acceptors (Lipinski definition) is 23. The molecule has 0 amide bonds. The van der Waals surface area contributed by atoms with E-state index in [-0.39, 0.29) is 6.42 Å². The molecule has 24 nitrogen and oxygen atoms in total. The Morgan fingerprint density at radius 2 is 0.784 bits per heavy atom. The summed E-state index contributed by atoms with van der Waals surface area (Å²) in [5.74, 6) is -2.48. The first-order valence-electron chi connectivity index (χ1n) is 37.0. The van der Waals surface area contributed by atoms with Gasteiger partial charge in [-0.2, -0.15) is 0 Å². The van der Waals surface area contributed by atoms with E-state index in [0.29, 0.717) is 12.8 Å². The minimum atomic E-state index is -5.72. The summed E-state index contributed by atoms with van der Waals surface area (Å²) in [6, 6.07) is 0. The predicted molar refractivity (Wildman–Crippen MR) is 365 cm³/mol. The van der Waals surface area contributed by atoms with E-state index < -0.39 is 156 Å². The Hall–Kier alpha value is -3.08. The van der Waals surface area contributed by atoms with Crippen LogP contribution in [0.15, 0.2) is 48.6 Å². The second-order valence-corrected chi connectivity index (χ2v) is 27.9. The van der Waals surface area contributed by atoms with Gasteiger partial charge in [-0.25, -0.2) is 14.2 Å². The first-order valence-corrected chi connectivity index (χ1v) is 38.5. The Bertz CT molecular complexity index is 2200. The summed E-state index contributed by atoms with van der Waals surface area (Å²) in [5, 5.41) is 110. The third kappa shape index (κ3) is 37.1. The number of phosphoric ester groups is 1. The predicted octanol–water partition coefficient (Wildman–Crippen LogP) is 9.68. The van der Waals surface area contributed by atoms with Crippen LogP contribution in [-0.2, 0) is 61.2 Å². The third-order valence-electron chi connectivity index (χ3n) is 18.0. The van der Waals surface area contributed by atoms with Gasteiger partial charge in [-0.1, -0.05) is 256 Å². The molecule has 0 aromatic heterocycles. The van der Waals surface area contributed by atoms with Crippen molar-refractivity contribution in [3.05, 3.63) is 48.6 Å². The summed E-state index contributed by atoms with van der Waals surface area (Å²) >= 11 is 0. The number of rotatable bonds is 56. The quantitative estimate of drug-likeness (QED) is 0.00673. The standard InChI is InChI=1S/C72H127O24P/c1-4-7-10-13-16-19-22-25-27-29-32-34-37-40-43-46-56(74)88-50-53(91-58(76)48-45-42-39-36-31-24-21-18-15-12-9-6-3)51-90-97(86,87)96-70-68(94-71-66(84)61(79)59(77)54(49-73)92-71)64(82)63(81)65(83)69(70)95-72-67(85)62(80)60(78)55(93-72)52-89-57(75)47-44-41-38-35-33-30-28-26-23-20-17-14-11-8-5-2/h37-38,40-41,43-44,46-47,53-55,59-73,77-85H,4-36,39,42,45,48-52H2,1-3H3,(H,86,87)/b40-37+,41-38+,46-43+,47-44+. The Balaban J connectivity index is 1.77. The van der Waals surface area contributed by atoms with E-state index >= 15 is 0 Å². The Morgan fingerprint density at radius 3 is 1.20 bits per heavy atom. The van der Waals surface area contributed by atoms with Gasteiger partial charge in [0.15, 0.2) is 18.7 Å². The zero-order valence-corrected chi connectivity index (χ0v) is 59.5. The highest BCUT2D eigenvalue weighted by Gasteiger charge is 2.58. The van der Waals surface area contributed by atoms with Gasteiger partial charge in [0.05, 0.1) is 13.2 Å². The second-order valence-electron chi connectivity index (χ2n) is 26.5. The van der Waals surface area contributed by atoms with E-state index in [0.717, 1.165) is 89.2 Å². The van der Waals surface area contributed by atoms with Crippen LogP contribution in [0.3, 0.4) is 0 Å². The van der Waals surface area contributed by atoms with Gasteiger partial charge in [0.2, 0.25) is 0 Å². The molecule has 0 aromatic carbocycles. The van der Waals surface area contributed by atoms with Crippen LogP contribution in [0.5, 0.6) is 0 Å². The first-order chi connectivity index (χ1) is 46.8. The number of hydrogen-bond donors (Lipinski definition) is 11. The summed E-state index contributed by atoms with van der Waals surface area (Å²) < 4.78 is 64.5. The number of carbonyl (C=O) groups excluding carboxylic acids is 3. The smallest absolute Gasteiger partial charge is 0.460 e. The minimum Gasteiger partial charge on any atom is -0.460 e. The molecular weight excluding hydrogens is 1280 g/mol. The normalized spacial score (nSPS) is 28.1. The van der Waals surface area contributed by atoms with E-state index in [2.05, 4.69) is 20.8 Å². The van der Waals surface area contributed by atoms with Crippen LogP contribution in [0.25, 0.3) is 0 Å². The van der Waals surface area contributed by atoms with Gasteiger partial charge in [-0.15, -0.1) is 0 Å². The first kappa shape index (κ1) is 88.1. The summed E-state index contributed by atoms with van der Waals surface area (Å²) in [4.78, 5) is 50.7. The fourth-order valence-corrected chi connectivity index (χ4v) is 13.0. The van der Waals surface area contributed by atoms with Crippen LogP contribution < -0.4 is 0 Å². The lowest BCUT2D eigenvalue weighted by Gasteiger charge is -2.49. The molecule has 18 atom stereocenters. The van der Waals surface area contributed by atoms with Gasteiger partial charge in [-0.3, -0.25) is 13.8 Å². The lowest BCUT2D eigenvalue weighted by molar-refractivity contribution is -0.360. The van der Waals surface area contributed by atoms with Crippen molar-refractivity contribution in [1.29, 1.82) is 0 Å². The molecular formula is C72H127O24P. The summed E-state index contributed by atoms with van der Waals surface area (Å²) in [6.45, 7) is 3.22. The van der Waals surface area contributed by atoms with Crippen molar-refractivity contribution >= 4 is 25.7 Å². The maximum absolute atomic E-state index is 14.3. The minimum absolute atomic E-state index is 0.0620. The van der Waals surface area contributed by atoms with Crippen LogP contribution >= 0.6 is 7.82 Å². The number of carbonyl (C=O) groups is 3. The number of esters is 3. The molecule has 0 spiro atoms. The van der Waals surface area contributed by atoms with Crippen molar-refractivity contribution in [3.8, 4) is 0 Å². The molecule has 3 aliphatic rings. The topological polar surface area (TPSA) is 374 Å². The van der Waals surface area contributed by atoms with Crippen LogP contribution in [0, 0.1) is 0 Å².